The summed E-state index contributed by atoms with van der Waals surface area (Å²) < 4.78 is 48.2. The van der Waals surface area contributed by atoms with Gasteiger partial charge in [0.05, 0.1) is 29.2 Å². The Balaban J connectivity index is 1.67. The van der Waals surface area contributed by atoms with Crippen molar-refractivity contribution in [1.82, 2.24) is 24.2 Å². The van der Waals surface area contributed by atoms with Gasteiger partial charge in [-0.25, -0.2) is 14.1 Å². The molecule has 0 bridgehead atoms. The third-order valence-corrected chi connectivity index (χ3v) is 6.37. The van der Waals surface area contributed by atoms with Crippen molar-refractivity contribution in [2.45, 2.75) is 25.6 Å². The van der Waals surface area contributed by atoms with Crippen molar-refractivity contribution in [3.05, 3.63) is 53.8 Å². The molecule has 10 nitrogen and oxygen atoms in total. The summed E-state index contributed by atoms with van der Waals surface area (Å²) in [6.07, 6.45) is 2.81. The van der Waals surface area contributed by atoms with Crippen LogP contribution in [0.5, 0.6) is 0 Å². The number of alkyl halides is 2. The fourth-order valence-corrected chi connectivity index (χ4v) is 4.72. The van der Waals surface area contributed by atoms with Gasteiger partial charge in [0.25, 0.3) is 5.91 Å². The van der Waals surface area contributed by atoms with E-state index in [1.165, 1.54) is 12.1 Å². The molecule has 38 heavy (non-hydrogen) atoms. The second kappa shape index (κ2) is 11.0. The number of methoxy groups -OCH3 is 1. The van der Waals surface area contributed by atoms with Crippen molar-refractivity contribution in [3.8, 4) is 11.8 Å². The van der Waals surface area contributed by atoms with Crippen molar-refractivity contribution in [1.29, 1.82) is 0 Å². The summed E-state index contributed by atoms with van der Waals surface area (Å²) in [5, 5.41) is 7.37. The van der Waals surface area contributed by atoms with Crippen LogP contribution >= 0.6 is 0 Å². The highest BCUT2D eigenvalue weighted by molar-refractivity contribution is 6.00. The van der Waals surface area contributed by atoms with Crippen LogP contribution in [0.15, 0.2) is 31.1 Å². The highest BCUT2D eigenvalue weighted by Gasteiger charge is 2.35. The lowest BCUT2D eigenvalue weighted by molar-refractivity contribution is -0.127. The van der Waals surface area contributed by atoms with Gasteiger partial charge in [-0.2, -0.15) is 13.9 Å². The molecule has 0 radical (unpaired) electrons. The fraction of sp³-hybridized carbons (Fsp3) is 0.360. The third-order valence-electron chi connectivity index (χ3n) is 6.37. The van der Waals surface area contributed by atoms with Crippen molar-refractivity contribution in [2.75, 3.05) is 32.6 Å². The van der Waals surface area contributed by atoms with Crippen molar-refractivity contribution in [3.63, 3.8) is 0 Å². The smallest absolute Gasteiger partial charge is 0.320 e. The Morgan fingerprint density at radius 1 is 1.37 bits per heavy atom. The molecule has 0 saturated carbocycles. The number of nitrogens with zero attached hydrogens (tertiary/aromatic N) is 5. The molecule has 1 aliphatic heterocycles. The van der Waals surface area contributed by atoms with E-state index in [-0.39, 0.29) is 45.7 Å². The number of hydrogen-bond donors (Lipinski definition) is 2. The zero-order valence-corrected chi connectivity index (χ0v) is 20.7. The Morgan fingerprint density at radius 3 is 2.76 bits per heavy atom. The number of benzene rings is 1. The van der Waals surface area contributed by atoms with Gasteiger partial charge in [-0.3, -0.25) is 14.2 Å². The van der Waals surface area contributed by atoms with Gasteiger partial charge in [0.2, 0.25) is 5.91 Å². The molecule has 2 atom stereocenters. The van der Waals surface area contributed by atoms with Crippen LogP contribution in [0, 0.1) is 23.6 Å². The molecular weight excluding hydrogens is 503 g/mol. The first-order valence-electron chi connectivity index (χ1n) is 11.6. The molecule has 2 aromatic heterocycles. The average Bonchev–Trinajstić information content (AvgIpc) is 3.57. The molecule has 0 unspecified atom stereocenters. The number of imidazole rings is 1. The zero-order chi connectivity index (χ0) is 27.6. The number of likely N-dealkylation sites (tertiary alicyclic amines) is 1. The second-order valence-electron chi connectivity index (χ2n) is 8.77. The van der Waals surface area contributed by atoms with Crippen LogP contribution in [-0.2, 0) is 16.1 Å². The predicted molar refractivity (Wildman–Crippen MR) is 133 cm³/mol. The number of fused-ring (bicyclic) bond motifs is 1. The van der Waals surface area contributed by atoms with Gasteiger partial charge < -0.3 is 20.7 Å². The molecule has 1 saturated heterocycles. The van der Waals surface area contributed by atoms with E-state index < -0.39 is 18.3 Å². The quantitative estimate of drug-likeness (QED) is 0.342. The third kappa shape index (κ3) is 5.08. The number of anilines is 1. The molecular formula is C25H26F3N7O3. The topological polar surface area (TPSA) is 120 Å². The van der Waals surface area contributed by atoms with Crippen LogP contribution in [0.25, 0.3) is 11.0 Å². The van der Waals surface area contributed by atoms with Crippen LogP contribution in [-0.4, -0.2) is 69.4 Å². The van der Waals surface area contributed by atoms with Gasteiger partial charge in [0.15, 0.2) is 5.69 Å². The SMILES string of the molecule is C=CC(=O)N1C[C@@H](Cn2nc(C#Cc3cc4ncn(C(F)F)c4cc3F)c(C(N)=O)c2NC)C[C@@H]1COC. The number of aromatic nitrogens is 4. The molecule has 13 heteroatoms. The molecule has 4 rings (SSSR count). The Kier molecular flexibility index (Phi) is 7.72. The van der Waals surface area contributed by atoms with Gasteiger partial charge >= 0.3 is 6.55 Å². The first-order valence-corrected chi connectivity index (χ1v) is 11.6. The molecule has 1 fully saturated rings. The van der Waals surface area contributed by atoms with E-state index in [2.05, 4.69) is 33.8 Å². The van der Waals surface area contributed by atoms with Gasteiger partial charge in [-0.15, -0.1) is 0 Å². The zero-order valence-electron chi connectivity index (χ0n) is 20.7. The predicted octanol–water partition coefficient (Wildman–Crippen LogP) is 2.36. The van der Waals surface area contributed by atoms with E-state index in [9.17, 15) is 22.8 Å². The van der Waals surface area contributed by atoms with E-state index in [4.69, 9.17) is 10.5 Å². The standard InChI is InChI=1S/C25H26F3N7O3/c1-4-21(36)33-10-14(7-16(33)12-38-3)11-35-24(30-2)22(23(29)37)18(32-35)6-5-15-8-19-20(9-17(15)26)34(13-31-19)25(27)28/h4,8-9,13-14,16,25,30H,1,7,10-12H2,2-3H3,(H2,29,37)/t14-,16+/m0/s1. The maximum absolute atomic E-state index is 14.7. The first-order chi connectivity index (χ1) is 18.2. The molecule has 1 aliphatic rings. The maximum Gasteiger partial charge on any atom is 0.320 e. The molecule has 1 aromatic carbocycles. The van der Waals surface area contributed by atoms with Gasteiger partial charge in [0.1, 0.15) is 23.5 Å². The summed E-state index contributed by atoms with van der Waals surface area (Å²) in [5.74, 6) is 3.79. The van der Waals surface area contributed by atoms with Crippen molar-refractivity contribution >= 4 is 28.7 Å². The largest absolute Gasteiger partial charge is 0.383 e. The Hall–Kier alpha value is -4.31. The summed E-state index contributed by atoms with van der Waals surface area (Å²) in [7, 11) is 3.16. The number of nitrogens with two attached hydrogens (primary N) is 1. The number of carbonyl (C=O) groups is 2. The van der Waals surface area contributed by atoms with Crippen LogP contribution < -0.4 is 11.1 Å². The summed E-state index contributed by atoms with van der Waals surface area (Å²) in [4.78, 5) is 30.2. The number of nitrogens with one attached hydrogen (secondary N) is 1. The van der Waals surface area contributed by atoms with E-state index in [1.807, 2.05) is 0 Å². The highest BCUT2D eigenvalue weighted by atomic mass is 19.3. The summed E-state index contributed by atoms with van der Waals surface area (Å²) in [6.45, 7) is 1.82. The molecule has 3 heterocycles. The molecule has 2 amide bonds. The minimum atomic E-state index is -2.87. The average molecular weight is 530 g/mol. The second-order valence-corrected chi connectivity index (χ2v) is 8.77. The first kappa shape index (κ1) is 26.7. The molecule has 200 valence electrons. The molecule has 3 aromatic rings. The lowest BCUT2D eigenvalue weighted by atomic mass is 10.1. The van der Waals surface area contributed by atoms with Crippen LogP contribution in [0.1, 0.15) is 34.6 Å². The summed E-state index contributed by atoms with van der Waals surface area (Å²) in [6, 6.07) is 2.04. The van der Waals surface area contributed by atoms with Crippen LogP contribution in [0.4, 0.5) is 19.0 Å². The monoisotopic (exact) mass is 529 g/mol. The number of ether oxygens (including phenoxy) is 1. The van der Waals surface area contributed by atoms with Gasteiger partial charge in [-0.1, -0.05) is 12.5 Å². The number of primary amides is 1. The summed E-state index contributed by atoms with van der Waals surface area (Å²) >= 11 is 0. The Morgan fingerprint density at radius 2 is 2.13 bits per heavy atom. The van der Waals surface area contributed by atoms with Crippen LogP contribution in [0.2, 0.25) is 0 Å². The highest BCUT2D eigenvalue weighted by Crippen LogP contribution is 2.28. The fourth-order valence-electron chi connectivity index (χ4n) is 4.72. The Labute approximate surface area is 216 Å². The number of hydrogen-bond acceptors (Lipinski definition) is 6. The normalized spacial score (nSPS) is 17.1. The number of rotatable bonds is 8. The minimum Gasteiger partial charge on any atom is -0.383 e. The summed E-state index contributed by atoms with van der Waals surface area (Å²) in [5.41, 5.74) is 5.62. The number of carbonyl (C=O) groups excluding carboxylic acids is 2. The van der Waals surface area contributed by atoms with Gasteiger partial charge in [0, 0.05) is 33.3 Å². The van der Waals surface area contributed by atoms with Gasteiger partial charge in [-0.05, 0) is 30.4 Å². The molecule has 3 N–H and O–H groups in total. The van der Waals surface area contributed by atoms with E-state index in [1.54, 1.807) is 23.7 Å². The van der Waals surface area contributed by atoms with Crippen molar-refractivity contribution < 1.29 is 27.5 Å². The lowest BCUT2D eigenvalue weighted by Gasteiger charge is -2.22. The van der Waals surface area contributed by atoms with E-state index in [0.29, 0.717) is 36.5 Å². The van der Waals surface area contributed by atoms with Crippen molar-refractivity contribution in [2.24, 2.45) is 11.7 Å². The number of halogens is 3. The Bertz CT molecular complexity index is 1450. The lowest BCUT2D eigenvalue weighted by Crippen LogP contribution is -2.37. The number of amides is 2. The van der Waals surface area contributed by atoms with E-state index in [0.717, 1.165) is 12.4 Å². The van der Waals surface area contributed by atoms with Crippen LogP contribution in [0.3, 0.4) is 0 Å². The minimum absolute atomic E-state index is 0.0163. The molecule has 0 aliphatic carbocycles. The van der Waals surface area contributed by atoms with E-state index >= 15 is 0 Å². The molecule has 0 spiro atoms. The maximum atomic E-state index is 14.7.